The predicted octanol–water partition coefficient (Wildman–Crippen LogP) is 1.98. The molecule has 0 atom stereocenters. The van der Waals surface area contributed by atoms with Crippen molar-refractivity contribution >= 4 is 5.82 Å². The maximum absolute atomic E-state index is 8.95. The van der Waals surface area contributed by atoms with E-state index in [1.54, 1.807) is 0 Å². The molecule has 4 heteroatoms. The van der Waals surface area contributed by atoms with E-state index in [0.717, 1.165) is 12.4 Å². The third kappa shape index (κ3) is 3.40. The summed E-state index contributed by atoms with van der Waals surface area (Å²) in [7, 11) is 0. The summed E-state index contributed by atoms with van der Waals surface area (Å²) in [4.78, 5) is 2.36. The van der Waals surface area contributed by atoms with Gasteiger partial charge in [-0.2, -0.15) is 5.10 Å². The summed E-state index contributed by atoms with van der Waals surface area (Å²) in [6, 6.07) is 4.48. The zero-order chi connectivity index (χ0) is 12.3. The van der Waals surface area contributed by atoms with E-state index in [4.69, 9.17) is 5.11 Å². The first-order chi connectivity index (χ1) is 8.20. The Balaban J connectivity index is 2.03. The minimum atomic E-state index is -0.0390. The summed E-state index contributed by atoms with van der Waals surface area (Å²) < 4.78 is 0. The second-order valence-corrected chi connectivity index (χ2v) is 5.15. The van der Waals surface area contributed by atoms with E-state index in [2.05, 4.69) is 28.9 Å². The summed E-state index contributed by atoms with van der Waals surface area (Å²) >= 11 is 0. The van der Waals surface area contributed by atoms with E-state index in [9.17, 15) is 0 Å². The van der Waals surface area contributed by atoms with Crippen LogP contribution >= 0.6 is 0 Å². The lowest BCUT2D eigenvalue weighted by Gasteiger charge is -2.23. The minimum absolute atomic E-state index is 0.0390. The van der Waals surface area contributed by atoms with Crippen molar-refractivity contribution in [3.05, 3.63) is 17.8 Å². The summed E-state index contributed by atoms with van der Waals surface area (Å²) in [6.45, 7) is 5.50. The van der Waals surface area contributed by atoms with Crippen molar-refractivity contribution < 1.29 is 5.11 Å². The van der Waals surface area contributed by atoms with Crippen LogP contribution in [-0.4, -0.2) is 27.9 Å². The van der Waals surface area contributed by atoms with Crippen LogP contribution in [0, 0.1) is 5.92 Å². The van der Waals surface area contributed by atoms with Gasteiger partial charge in [0.15, 0.2) is 5.82 Å². The molecule has 0 aliphatic heterocycles. The molecule has 1 aliphatic rings. The lowest BCUT2D eigenvalue weighted by atomic mass is 10.1. The molecule has 17 heavy (non-hydrogen) atoms. The van der Waals surface area contributed by atoms with Crippen LogP contribution in [0.4, 0.5) is 5.82 Å². The molecule has 1 aliphatic carbocycles. The molecule has 1 heterocycles. The Labute approximate surface area is 103 Å². The van der Waals surface area contributed by atoms with Crippen molar-refractivity contribution in [1.29, 1.82) is 0 Å². The van der Waals surface area contributed by atoms with Crippen LogP contribution in [0.1, 0.15) is 38.8 Å². The molecule has 1 fully saturated rings. The van der Waals surface area contributed by atoms with Gasteiger partial charge in [0, 0.05) is 12.6 Å². The molecule has 1 aromatic rings. The van der Waals surface area contributed by atoms with Crippen molar-refractivity contribution in [2.75, 3.05) is 11.4 Å². The zero-order valence-electron chi connectivity index (χ0n) is 10.6. The van der Waals surface area contributed by atoms with Crippen molar-refractivity contribution in [3.63, 3.8) is 0 Å². The Morgan fingerprint density at radius 2 is 2.12 bits per heavy atom. The Bertz CT molecular complexity index is 346. The second kappa shape index (κ2) is 5.45. The number of anilines is 1. The van der Waals surface area contributed by atoms with Crippen LogP contribution in [0.3, 0.4) is 0 Å². The first-order valence-corrected chi connectivity index (χ1v) is 6.41. The molecule has 94 valence electrons. The van der Waals surface area contributed by atoms with Gasteiger partial charge in [-0.25, -0.2) is 0 Å². The van der Waals surface area contributed by atoms with Gasteiger partial charge in [-0.1, -0.05) is 13.8 Å². The zero-order valence-corrected chi connectivity index (χ0v) is 10.6. The molecule has 2 rings (SSSR count). The van der Waals surface area contributed by atoms with Crippen molar-refractivity contribution in [2.24, 2.45) is 5.92 Å². The average Bonchev–Trinajstić information content (AvgIpc) is 3.14. The Hall–Kier alpha value is -1.16. The van der Waals surface area contributed by atoms with E-state index in [1.165, 1.54) is 19.3 Å². The first-order valence-electron chi connectivity index (χ1n) is 6.41. The van der Waals surface area contributed by atoms with Gasteiger partial charge < -0.3 is 10.0 Å². The Morgan fingerprint density at radius 1 is 1.35 bits per heavy atom. The van der Waals surface area contributed by atoms with Crippen LogP contribution in [0.25, 0.3) is 0 Å². The highest BCUT2D eigenvalue weighted by atomic mass is 16.3. The third-order valence-electron chi connectivity index (χ3n) is 3.10. The monoisotopic (exact) mass is 235 g/mol. The van der Waals surface area contributed by atoms with Crippen molar-refractivity contribution in [1.82, 2.24) is 10.2 Å². The van der Waals surface area contributed by atoms with Crippen LogP contribution in [-0.2, 0) is 6.61 Å². The SMILES string of the molecule is CC(C)CCN(c1ccc(CO)nn1)C1CC1. The molecule has 0 aromatic carbocycles. The smallest absolute Gasteiger partial charge is 0.151 e. The highest BCUT2D eigenvalue weighted by molar-refractivity contribution is 5.40. The van der Waals surface area contributed by atoms with E-state index >= 15 is 0 Å². The van der Waals surface area contributed by atoms with Crippen molar-refractivity contribution in [2.45, 2.75) is 45.8 Å². The van der Waals surface area contributed by atoms with Gasteiger partial charge in [-0.15, -0.1) is 5.10 Å². The van der Waals surface area contributed by atoms with E-state index in [-0.39, 0.29) is 6.61 Å². The quantitative estimate of drug-likeness (QED) is 0.819. The fourth-order valence-corrected chi connectivity index (χ4v) is 1.86. The van der Waals surface area contributed by atoms with E-state index in [0.29, 0.717) is 17.7 Å². The summed E-state index contributed by atoms with van der Waals surface area (Å²) in [6.07, 6.45) is 3.71. The largest absolute Gasteiger partial charge is 0.390 e. The topological polar surface area (TPSA) is 49.2 Å². The van der Waals surface area contributed by atoms with E-state index in [1.807, 2.05) is 12.1 Å². The summed E-state index contributed by atoms with van der Waals surface area (Å²) in [5, 5.41) is 17.2. The number of aliphatic hydroxyl groups is 1. The standard InChI is InChI=1S/C13H21N3O/c1-10(2)7-8-16(12-4-5-12)13-6-3-11(9-17)14-15-13/h3,6,10,12,17H,4-5,7-9H2,1-2H3. The number of hydrogen-bond acceptors (Lipinski definition) is 4. The maximum Gasteiger partial charge on any atom is 0.151 e. The summed E-state index contributed by atoms with van der Waals surface area (Å²) in [5.74, 6) is 1.66. The van der Waals surface area contributed by atoms with E-state index < -0.39 is 0 Å². The van der Waals surface area contributed by atoms with Gasteiger partial charge >= 0.3 is 0 Å². The van der Waals surface area contributed by atoms with Crippen LogP contribution < -0.4 is 4.90 Å². The van der Waals surface area contributed by atoms with Gasteiger partial charge in [-0.3, -0.25) is 0 Å². The molecule has 0 bridgehead atoms. The molecular formula is C13H21N3O. The van der Waals surface area contributed by atoms with Gasteiger partial charge in [0.2, 0.25) is 0 Å². The lowest BCUT2D eigenvalue weighted by molar-refractivity contribution is 0.275. The Kier molecular flexibility index (Phi) is 3.94. The molecule has 1 N–H and O–H groups in total. The van der Waals surface area contributed by atoms with Crippen LogP contribution in [0.2, 0.25) is 0 Å². The number of aliphatic hydroxyl groups excluding tert-OH is 1. The third-order valence-corrected chi connectivity index (χ3v) is 3.10. The molecule has 0 unspecified atom stereocenters. The molecule has 1 saturated carbocycles. The van der Waals surface area contributed by atoms with Crippen molar-refractivity contribution in [3.8, 4) is 0 Å². The first kappa shape index (κ1) is 12.3. The van der Waals surface area contributed by atoms with Gasteiger partial charge in [0.05, 0.1) is 12.3 Å². The van der Waals surface area contributed by atoms with Crippen LogP contribution in [0.15, 0.2) is 12.1 Å². The average molecular weight is 235 g/mol. The molecule has 4 nitrogen and oxygen atoms in total. The highest BCUT2D eigenvalue weighted by Gasteiger charge is 2.29. The molecule has 0 amide bonds. The van der Waals surface area contributed by atoms with Gasteiger partial charge in [-0.05, 0) is 37.3 Å². The molecule has 0 spiro atoms. The normalized spacial score (nSPS) is 15.3. The molecule has 0 saturated heterocycles. The number of hydrogen-bond donors (Lipinski definition) is 1. The molecule has 1 aromatic heterocycles. The lowest BCUT2D eigenvalue weighted by Crippen LogP contribution is -2.28. The number of aromatic nitrogens is 2. The van der Waals surface area contributed by atoms with Gasteiger partial charge in [0.25, 0.3) is 0 Å². The predicted molar refractivity (Wildman–Crippen MR) is 67.8 cm³/mol. The fourth-order valence-electron chi connectivity index (χ4n) is 1.86. The molecule has 0 radical (unpaired) electrons. The highest BCUT2D eigenvalue weighted by Crippen LogP contribution is 2.30. The minimum Gasteiger partial charge on any atom is -0.390 e. The van der Waals surface area contributed by atoms with Crippen LogP contribution in [0.5, 0.6) is 0 Å². The summed E-state index contributed by atoms with van der Waals surface area (Å²) in [5.41, 5.74) is 0.633. The fraction of sp³-hybridized carbons (Fsp3) is 0.692. The maximum atomic E-state index is 8.95. The van der Waals surface area contributed by atoms with Gasteiger partial charge in [0.1, 0.15) is 0 Å². The molecular weight excluding hydrogens is 214 g/mol. The number of nitrogens with zero attached hydrogens (tertiary/aromatic N) is 3. The second-order valence-electron chi connectivity index (χ2n) is 5.15. The Morgan fingerprint density at radius 3 is 2.59 bits per heavy atom. The number of rotatable bonds is 6.